The number of hydrogen-bond acceptors (Lipinski definition) is 5. The molecule has 1 atom stereocenters. The summed E-state index contributed by atoms with van der Waals surface area (Å²) < 4.78 is 54.4. The maximum Gasteiger partial charge on any atom is 0.416 e. The predicted molar refractivity (Wildman–Crippen MR) is 124 cm³/mol. The highest BCUT2D eigenvalue weighted by Crippen LogP contribution is 2.34. The number of amides is 1. The zero-order valence-corrected chi connectivity index (χ0v) is 19.7. The summed E-state index contributed by atoms with van der Waals surface area (Å²) in [6.07, 6.45) is -3.69. The highest BCUT2D eigenvalue weighted by atomic mass is 32.2. The van der Waals surface area contributed by atoms with E-state index in [0.29, 0.717) is 18.4 Å². The molecule has 0 spiro atoms. The van der Waals surface area contributed by atoms with E-state index in [9.17, 15) is 32.4 Å². The minimum absolute atomic E-state index is 0.0343. The number of halogens is 3. The first-order valence-electron chi connectivity index (χ1n) is 10.8. The molecule has 1 aliphatic rings. The van der Waals surface area contributed by atoms with Crippen LogP contribution in [-0.2, 0) is 17.4 Å². The summed E-state index contributed by atoms with van der Waals surface area (Å²) in [5, 5.41) is 21.5. The number of nitrogens with zero attached hydrogens (tertiary/aromatic N) is 2. The number of hydrogen-bond donors (Lipinski definition) is 2. The van der Waals surface area contributed by atoms with E-state index in [-0.39, 0.29) is 27.7 Å². The Morgan fingerprint density at radius 1 is 1.22 bits per heavy atom. The number of carbonyl (C=O) groups excluding carboxylic acids is 1. The molecule has 1 fully saturated rings. The van der Waals surface area contributed by atoms with Gasteiger partial charge in [-0.2, -0.15) is 18.4 Å². The quantitative estimate of drug-likeness (QED) is 0.488. The van der Waals surface area contributed by atoms with Crippen molar-refractivity contribution in [2.45, 2.75) is 41.3 Å². The summed E-state index contributed by atoms with van der Waals surface area (Å²) in [5.41, 5.74) is -3.10. The van der Waals surface area contributed by atoms with E-state index in [1.54, 1.807) is 0 Å². The Morgan fingerprint density at radius 2 is 1.89 bits per heavy atom. The summed E-state index contributed by atoms with van der Waals surface area (Å²) >= 11 is -1.94. The van der Waals surface area contributed by atoms with Crippen molar-refractivity contribution in [3.8, 4) is 11.8 Å². The Bertz CT molecular complexity index is 1420. The van der Waals surface area contributed by atoms with Gasteiger partial charge in [0, 0.05) is 29.5 Å². The molecule has 1 saturated carbocycles. The van der Waals surface area contributed by atoms with Gasteiger partial charge in [-0.05, 0) is 62.2 Å². The van der Waals surface area contributed by atoms with Gasteiger partial charge in [-0.15, -0.1) is 0 Å². The van der Waals surface area contributed by atoms with Gasteiger partial charge in [0.05, 0.1) is 28.5 Å². The van der Waals surface area contributed by atoms with Crippen molar-refractivity contribution < 1.29 is 27.6 Å². The fourth-order valence-electron chi connectivity index (χ4n) is 3.60. The number of alkyl halides is 3. The molecule has 1 aromatic heterocycles. The number of nitriles is 1. The Hall–Kier alpha value is -3.59. The summed E-state index contributed by atoms with van der Waals surface area (Å²) in [7, 11) is 0. The number of nitrogens with one attached hydrogen (secondary N) is 1. The van der Waals surface area contributed by atoms with Crippen LogP contribution >= 0.6 is 0 Å². The minimum atomic E-state index is -4.67. The first-order chi connectivity index (χ1) is 16.9. The molecule has 1 heterocycles. The van der Waals surface area contributed by atoms with Gasteiger partial charge in [-0.3, -0.25) is 14.2 Å². The highest BCUT2D eigenvalue weighted by Gasteiger charge is 2.40. The molecule has 4 rings (SSSR count). The number of rotatable bonds is 6. The lowest BCUT2D eigenvalue weighted by atomic mass is 10.1. The summed E-state index contributed by atoms with van der Waals surface area (Å²) in [5.74, 6) is -0.848. The van der Waals surface area contributed by atoms with E-state index in [4.69, 9.17) is 5.26 Å². The molecule has 186 valence electrons. The Kier molecular flexibility index (Phi) is 6.70. The van der Waals surface area contributed by atoms with Gasteiger partial charge in [0.1, 0.15) is 5.56 Å². The molecular weight excluding hydrogens is 495 g/mol. The molecule has 11 heteroatoms. The molecule has 7 nitrogen and oxygen atoms in total. The molecule has 1 aliphatic carbocycles. The molecule has 0 radical (unpaired) electrons. The van der Waals surface area contributed by atoms with Crippen LogP contribution in [0, 0.1) is 18.3 Å². The van der Waals surface area contributed by atoms with Crippen molar-refractivity contribution >= 4 is 17.1 Å². The van der Waals surface area contributed by atoms with Gasteiger partial charge in [-0.1, -0.05) is 6.07 Å². The van der Waals surface area contributed by atoms with Crippen molar-refractivity contribution in [2.75, 3.05) is 6.54 Å². The molecule has 0 aliphatic heterocycles. The van der Waals surface area contributed by atoms with E-state index in [2.05, 4.69) is 5.32 Å². The molecule has 3 aromatic rings. The Morgan fingerprint density at radius 3 is 2.47 bits per heavy atom. The lowest BCUT2D eigenvalue weighted by molar-refractivity contribution is -0.137. The lowest BCUT2D eigenvalue weighted by Gasteiger charge is -2.19. The first-order valence-corrected chi connectivity index (χ1v) is 12.0. The van der Waals surface area contributed by atoms with Crippen LogP contribution in [0.1, 0.15) is 40.0 Å². The molecule has 2 N–H and O–H groups in total. The first kappa shape index (κ1) is 25.5. The fourth-order valence-corrected chi connectivity index (χ4v) is 4.83. The van der Waals surface area contributed by atoms with Gasteiger partial charge < -0.3 is 15.0 Å². The Balaban J connectivity index is 1.87. The van der Waals surface area contributed by atoms with Gasteiger partial charge in [-0.25, -0.2) is 0 Å². The molecule has 2 aromatic carbocycles. The van der Waals surface area contributed by atoms with Crippen LogP contribution in [0.4, 0.5) is 13.2 Å². The number of benzene rings is 2. The molecule has 1 unspecified atom stereocenters. The minimum Gasteiger partial charge on any atom is -0.606 e. The average Bonchev–Trinajstić information content (AvgIpc) is 3.59. The number of pyridine rings is 1. The van der Waals surface area contributed by atoms with Gasteiger partial charge in [0.2, 0.25) is 0 Å². The molecule has 0 bridgehead atoms. The molecular formula is C25H20F3N3O4S. The average molecular weight is 516 g/mol. The number of aliphatic hydroxyl groups is 1. The SMILES string of the molecule is Cc1c([S+]([O-])c2ccc(C#N)cc2)cc(C(=O)NCC2(O)CC2)c(=O)n1-c1cccc(C(F)(F)F)c1. The van der Waals surface area contributed by atoms with Crippen molar-refractivity contribution in [1.82, 2.24) is 9.88 Å². The third-order valence-electron chi connectivity index (χ3n) is 5.88. The second-order valence-corrected chi connectivity index (χ2v) is 9.96. The second kappa shape index (κ2) is 9.46. The van der Waals surface area contributed by atoms with Gasteiger partial charge >= 0.3 is 6.18 Å². The fraction of sp³-hybridized carbons (Fsp3) is 0.240. The number of carbonyl (C=O) groups is 1. The molecule has 0 saturated heterocycles. The molecule has 1 amide bonds. The maximum absolute atomic E-state index is 13.5. The largest absolute Gasteiger partial charge is 0.606 e. The zero-order valence-electron chi connectivity index (χ0n) is 18.9. The van der Waals surface area contributed by atoms with Crippen LogP contribution in [0.15, 0.2) is 69.2 Å². The summed E-state index contributed by atoms with van der Waals surface area (Å²) in [6.45, 7) is 1.32. The van der Waals surface area contributed by atoms with E-state index in [1.165, 1.54) is 37.3 Å². The number of aromatic nitrogens is 1. The summed E-state index contributed by atoms with van der Waals surface area (Å²) in [4.78, 5) is 26.6. The van der Waals surface area contributed by atoms with E-state index >= 15 is 0 Å². The van der Waals surface area contributed by atoms with Crippen molar-refractivity contribution in [2.24, 2.45) is 0 Å². The van der Waals surface area contributed by atoms with E-state index < -0.39 is 45.5 Å². The van der Waals surface area contributed by atoms with Crippen LogP contribution < -0.4 is 10.9 Å². The third kappa shape index (κ3) is 5.16. The lowest BCUT2D eigenvalue weighted by Crippen LogP contribution is -2.38. The third-order valence-corrected chi connectivity index (χ3v) is 7.39. The van der Waals surface area contributed by atoms with E-state index in [0.717, 1.165) is 28.8 Å². The second-order valence-electron chi connectivity index (χ2n) is 8.51. The standard InChI is InChI=1S/C25H20F3N3O4S/c1-15-21(36(35)19-7-5-16(13-29)6-8-19)12-20(22(32)30-14-24(34)9-10-24)23(33)31(15)18-4-2-3-17(11-18)25(26,27)28/h2-8,11-12,34H,9-10,14H2,1H3,(H,30,32). The van der Waals surface area contributed by atoms with Gasteiger partial charge in [0.15, 0.2) is 9.79 Å². The smallest absolute Gasteiger partial charge is 0.416 e. The monoisotopic (exact) mass is 515 g/mol. The van der Waals surface area contributed by atoms with Crippen LogP contribution in [0.25, 0.3) is 5.69 Å². The van der Waals surface area contributed by atoms with Crippen LogP contribution in [-0.4, -0.2) is 32.3 Å². The zero-order chi connectivity index (χ0) is 26.3. The van der Waals surface area contributed by atoms with Crippen molar-refractivity contribution in [3.05, 3.63) is 87.3 Å². The van der Waals surface area contributed by atoms with E-state index in [1.807, 2.05) is 6.07 Å². The molecule has 36 heavy (non-hydrogen) atoms. The predicted octanol–water partition coefficient (Wildman–Crippen LogP) is 3.46. The van der Waals surface area contributed by atoms with Crippen LogP contribution in [0.3, 0.4) is 0 Å². The van der Waals surface area contributed by atoms with Crippen LogP contribution in [0.5, 0.6) is 0 Å². The topological polar surface area (TPSA) is 118 Å². The maximum atomic E-state index is 13.5. The van der Waals surface area contributed by atoms with Crippen molar-refractivity contribution in [1.29, 1.82) is 5.26 Å². The van der Waals surface area contributed by atoms with Crippen LogP contribution in [0.2, 0.25) is 0 Å². The normalized spacial score (nSPS) is 15.1. The Labute approximate surface area is 207 Å². The highest BCUT2D eigenvalue weighted by molar-refractivity contribution is 7.91. The van der Waals surface area contributed by atoms with Gasteiger partial charge in [0.25, 0.3) is 11.5 Å². The summed E-state index contributed by atoms with van der Waals surface area (Å²) in [6, 6.07) is 13.0. The van der Waals surface area contributed by atoms with Crippen molar-refractivity contribution in [3.63, 3.8) is 0 Å².